The third-order valence-electron chi connectivity index (χ3n) is 17.2. The Labute approximate surface area is 347 Å². The molecule has 2 saturated heterocycles. The number of carbonyl (C=O) groups is 4. The molecule has 2 aromatic carbocycles. The molecule has 1 N–H and O–H groups in total. The number of hydrogen-bond acceptors (Lipinski definition) is 6. The molecule has 8 aliphatic rings. The van der Waals surface area contributed by atoms with Crippen LogP contribution >= 0.6 is 0 Å². The van der Waals surface area contributed by atoms with E-state index >= 15 is 0 Å². The second-order valence-corrected chi connectivity index (χ2v) is 20.0. The fourth-order valence-electron chi connectivity index (χ4n) is 13.9. The summed E-state index contributed by atoms with van der Waals surface area (Å²) in [5, 5.41) is 3.02. The lowest BCUT2D eigenvalue weighted by atomic mass is 9.54. The van der Waals surface area contributed by atoms with Gasteiger partial charge in [0.2, 0.25) is 11.8 Å². The van der Waals surface area contributed by atoms with Crippen molar-refractivity contribution in [3.8, 4) is 0 Å². The Kier molecular flexibility index (Phi) is 11.1. The third-order valence-corrected chi connectivity index (χ3v) is 17.2. The van der Waals surface area contributed by atoms with E-state index in [1.165, 1.54) is 11.1 Å². The minimum Gasteiger partial charge on any atom is -0.377 e. The van der Waals surface area contributed by atoms with Crippen LogP contribution in [0.5, 0.6) is 0 Å². The van der Waals surface area contributed by atoms with E-state index in [-0.39, 0.29) is 58.2 Å². The van der Waals surface area contributed by atoms with Crippen LogP contribution in [0.4, 0.5) is 8.78 Å². The van der Waals surface area contributed by atoms with Gasteiger partial charge in [0, 0.05) is 43.6 Å². The Morgan fingerprint density at radius 3 is 1.68 bits per heavy atom. The summed E-state index contributed by atoms with van der Waals surface area (Å²) in [5.41, 5.74) is 3.59. The predicted octanol–water partition coefficient (Wildman–Crippen LogP) is 7.89. The average molecular weight is 813 g/mol. The highest BCUT2D eigenvalue weighted by atomic mass is 19.1. The number of ketones is 2. The zero-order valence-corrected chi connectivity index (χ0v) is 35.1. The van der Waals surface area contributed by atoms with E-state index in [0.717, 1.165) is 75.3 Å². The first-order valence-electron chi connectivity index (χ1n) is 22.7. The van der Waals surface area contributed by atoms with Crippen molar-refractivity contribution in [1.29, 1.82) is 0 Å². The van der Waals surface area contributed by atoms with Crippen molar-refractivity contribution in [1.82, 2.24) is 10.2 Å². The molecule has 0 aromatic heterocycles. The van der Waals surface area contributed by atoms with Crippen LogP contribution in [0.2, 0.25) is 0 Å². The number of carbonyl (C=O) groups excluding carboxylic acids is 4. The lowest BCUT2D eigenvalue weighted by Crippen LogP contribution is -2.49. The van der Waals surface area contributed by atoms with Gasteiger partial charge in [-0.15, -0.1) is 0 Å². The van der Waals surface area contributed by atoms with Crippen LogP contribution < -0.4 is 5.32 Å². The van der Waals surface area contributed by atoms with Gasteiger partial charge in [-0.1, -0.05) is 38.1 Å². The van der Waals surface area contributed by atoms with Gasteiger partial charge in [-0.3, -0.25) is 19.2 Å². The van der Waals surface area contributed by atoms with E-state index in [0.29, 0.717) is 99.2 Å². The maximum Gasteiger partial charge on any atom is 0.222 e. The number of rotatable bonds is 8. The first kappa shape index (κ1) is 40.9. The van der Waals surface area contributed by atoms with Gasteiger partial charge in [0.05, 0.1) is 38.5 Å². The van der Waals surface area contributed by atoms with Crippen LogP contribution in [-0.4, -0.2) is 73.8 Å². The number of likely N-dealkylation sites (N-methyl/N-ethyl adjacent to an activating group) is 1. The molecule has 8 nitrogen and oxygen atoms in total. The fraction of sp³-hybridized carbons (Fsp3) is 0.673. The normalized spacial score (nSPS) is 35.6. The quantitative estimate of drug-likeness (QED) is 0.291. The number of fused-ring (bicyclic) bond motifs is 10. The number of nitrogens with one attached hydrogen (secondary N) is 1. The van der Waals surface area contributed by atoms with Crippen molar-refractivity contribution in [2.24, 2.45) is 46.3 Å². The lowest BCUT2D eigenvalue weighted by Gasteiger charge is -2.50. The van der Waals surface area contributed by atoms with Crippen LogP contribution in [0.3, 0.4) is 0 Å². The van der Waals surface area contributed by atoms with E-state index < -0.39 is 0 Å². The van der Waals surface area contributed by atoms with E-state index in [2.05, 4.69) is 31.3 Å². The highest BCUT2D eigenvalue weighted by molar-refractivity contribution is 5.88. The van der Waals surface area contributed by atoms with Crippen molar-refractivity contribution < 1.29 is 37.4 Å². The Bertz CT molecular complexity index is 1980. The SMILES string of the molecule is CN(C(=O)CC[C@@H]1CC(=O)[C@@]2(C)CCC3c4cccc(F)c4CCC3C12)C1COC1.C[C@]12CCC3c4cccc(F)c4CCC3C1[C@H](CCC(=O)NC1COC1)CC2=O. The summed E-state index contributed by atoms with van der Waals surface area (Å²) >= 11 is 0. The molecule has 10 atom stereocenters. The first-order chi connectivity index (χ1) is 28.4. The number of halogens is 2. The van der Waals surface area contributed by atoms with E-state index in [1.54, 1.807) is 12.1 Å². The molecule has 0 bridgehead atoms. The smallest absolute Gasteiger partial charge is 0.222 e. The summed E-state index contributed by atoms with van der Waals surface area (Å²) < 4.78 is 39.1. The standard InChI is InChI=1S/C25H32FNO3.C24H30FNO3/c1-25-11-10-18-17-4-3-5-21(26)19(17)7-8-20(18)24(25)15(12-22(25)28)6-9-23(29)27(2)16-13-30-14-16;1-24-10-9-17-16-3-2-4-20(25)18(16)6-7-19(17)23(24)14(11-21(24)27)5-8-22(28)26-15-12-29-13-15/h3-5,15-16,18,20,24H,6-14H2,1-2H3;2-4,14-15,17,19,23H,5-13H2,1H3,(H,26,28)/t15-,18?,20?,24?,25-;14-,17?,19?,23?,24-/m11/s1. The maximum absolute atomic E-state index is 14.4. The Balaban J connectivity index is 0.000000152. The molecule has 6 fully saturated rings. The van der Waals surface area contributed by atoms with Crippen molar-refractivity contribution in [2.75, 3.05) is 33.5 Å². The molecule has 2 aromatic rings. The fourth-order valence-corrected chi connectivity index (χ4v) is 13.9. The van der Waals surface area contributed by atoms with Gasteiger partial charge in [0.15, 0.2) is 0 Å². The third kappa shape index (κ3) is 7.19. The molecule has 0 spiro atoms. The zero-order valence-electron chi connectivity index (χ0n) is 35.1. The van der Waals surface area contributed by atoms with Crippen LogP contribution in [-0.2, 0) is 41.5 Å². The van der Waals surface area contributed by atoms with Crippen LogP contribution in [0.1, 0.15) is 125 Å². The number of nitrogens with zero attached hydrogens (tertiary/aromatic N) is 1. The highest BCUT2D eigenvalue weighted by Gasteiger charge is 2.60. The minimum absolute atomic E-state index is 0.0720. The molecule has 2 aliphatic heterocycles. The molecule has 4 saturated carbocycles. The first-order valence-corrected chi connectivity index (χ1v) is 22.7. The molecule has 6 aliphatic carbocycles. The topological polar surface area (TPSA) is 102 Å². The van der Waals surface area contributed by atoms with Crippen LogP contribution in [0, 0.1) is 58.0 Å². The van der Waals surface area contributed by atoms with Gasteiger partial charge >= 0.3 is 0 Å². The number of ether oxygens (including phenoxy) is 2. The Morgan fingerprint density at radius 1 is 0.729 bits per heavy atom. The van der Waals surface area contributed by atoms with Crippen LogP contribution in [0.15, 0.2) is 36.4 Å². The molecule has 318 valence electrons. The monoisotopic (exact) mass is 812 g/mol. The van der Waals surface area contributed by atoms with Gasteiger partial charge in [-0.2, -0.15) is 0 Å². The number of benzene rings is 2. The van der Waals surface area contributed by atoms with Gasteiger partial charge < -0.3 is 19.7 Å². The summed E-state index contributed by atoms with van der Waals surface area (Å²) in [6, 6.07) is 11.4. The molecule has 2 heterocycles. The second kappa shape index (κ2) is 16.1. The summed E-state index contributed by atoms with van der Waals surface area (Å²) in [6.45, 7) is 6.79. The van der Waals surface area contributed by atoms with E-state index in [9.17, 15) is 28.0 Å². The maximum atomic E-state index is 14.4. The van der Waals surface area contributed by atoms with Crippen molar-refractivity contribution in [3.05, 3.63) is 70.3 Å². The summed E-state index contributed by atoms with van der Waals surface area (Å²) in [6.07, 6.45) is 10.9. The molecule has 2 amide bonds. The number of Topliss-reactive ketones (excluding diaryl/α,β-unsaturated/α-hetero) is 2. The summed E-state index contributed by atoms with van der Waals surface area (Å²) in [4.78, 5) is 52.9. The highest BCUT2D eigenvalue weighted by Crippen LogP contribution is 2.63. The summed E-state index contributed by atoms with van der Waals surface area (Å²) in [7, 11) is 1.86. The molecule has 10 rings (SSSR count). The molecular formula is C49H62F2N2O6. The molecular weight excluding hydrogens is 751 g/mol. The average Bonchev–Trinajstić information content (AvgIpc) is 3.61. The van der Waals surface area contributed by atoms with Crippen molar-refractivity contribution >= 4 is 23.4 Å². The van der Waals surface area contributed by atoms with Gasteiger partial charge in [0.25, 0.3) is 0 Å². The number of amides is 2. The predicted molar refractivity (Wildman–Crippen MR) is 218 cm³/mol. The molecule has 59 heavy (non-hydrogen) atoms. The molecule has 10 heteroatoms. The summed E-state index contributed by atoms with van der Waals surface area (Å²) in [5.74, 6) is 3.52. The van der Waals surface area contributed by atoms with Gasteiger partial charge in [-0.05, 0) is 146 Å². The minimum atomic E-state index is -0.270. The Morgan fingerprint density at radius 2 is 1.22 bits per heavy atom. The van der Waals surface area contributed by atoms with Crippen molar-refractivity contribution in [3.63, 3.8) is 0 Å². The second-order valence-electron chi connectivity index (χ2n) is 20.0. The Hall–Kier alpha value is -3.50. The van der Waals surface area contributed by atoms with Gasteiger partial charge in [0.1, 0.15) is 23.2 Å². The largest absolute Gasteiger partial charge is 0.377 e. The van der Waals surface area contributed by atoms with Gasteiger partial charge in [-0.25, -0.2) is 8.78 Å². The molecule has 0 radical (unpaired) electrons. The lowest BCUT2D eigenvalue weighted by molar-refractivity contribution is -0.142. The van der Waals surface area contributed by atoms with E-state index in [4.69, 9.17) is 9.47 Å². The van der Waals surface area contributed by atoms with Crippen molar-refractivity contribution in [2.45, 2.75) is 128 Å². The number of hydrogen-bond donors (Lipinski definition) is 1. The van der Waals surface area contributed by atoms with Crippen LogP contribution in [0.25, 0.3) is 0 Å². The zero-order chi connectivity index (χ0) is 41.2. The molecule has 6 unspecified atom stereocenters. The van der Waals surface area contributed by atoms with E-state index in [1.807, 2.05) is 24.1 Å².